The molecule has 4 heteroatoms. The van der Waals surface area contributed by atoms with Crippen LogP contribution in [0.5, 0.6) is 0 Å². The van der Waals surface area contributed by atoms with Gasteiger partial charge in [0.1, 0.15) is 18.4 Å². The standard InChI is InChI=1S/C26H46O2.C5H10OS/c1-6-7-8-9-10-11-12-15-23(20-27)19-25(28)22(3)16-17-24-21(2)14-13-18-26(24,4)5;1-5(7-2)3-4-6/h14,20,22-24H,6-13,15-19H2,1-5H3;4-5H,3H2,1-2H3. The minimum Gasteiger partial charge on any atom is -0.303 e. The van der Waals surface area contributed by atoms with E-state index in [1.807, 2.05) is 13.2 Å². The van der Waals surface area contributed by atoms with E-state index in [4.69, 9.17) is 0 Å². The van der Waals surface area contributed by atoms with Crippen LogP contribution in [0.3, 0.4) is 0 Å². The Balaban J connectivity index is 0.00000143. The molecule has 0 heterocycles. The van der Waals surface area contributed by atoms with Crippen molar-refractivity contribution in [3.63, 3.8) is 0 Å². The van der Waals surface area contributed by atoms with Crippen LogP contribution in [-0.4, -0.2) is 29.9 Å². The number of hydrogen-bond donors (Lipinski definition) is 0. The third kappa shape index (κ3) is 15.7. The van der Waals surface area contributed by atoms with Gasteiger partial charge in [-0.25, -0.2) is 0 Å². The third-order valence-electron chi connectivity index (χ3n) is 7.85. The van der Waals surface area contributed by atoms with E-state index in [0.717, 1.165) is 38.3 Å². The maximum Gasteiger partial charge on any atom is 0.136 e. The summed E-state index contributed by atoms with van der Waals surface area (Å²) in [5, 5.41) is 0.498. The van der Waals surface area contributed by atoms with E-state index in [0.29, 0.717) is 29.4 Å². The first-order chi connectivity index (χ1) is 16.6. The zero-order chi connectivity index (χ0) is 26.7. The van der Waals surface area contributed by atoms with Crippen LogP contribution in [-0.2, 0) is 14.4 Å². The SMILES string of the molecule is CCCCCCCCCC(C=O)CC(=O)C(C)CCC1C(C)=CCCC1(C)C.CSC(C)CC=O. The van der Waals surface area contributed by atoms with Crippen molar-refractivity contribution >= 4 is 30.1 Å². The number of allylic oxidation sites excluding steroid dienone is 2. The number of aldehydes is 2. The summed E-state index contributed by atoms with van der Waals surface area (Å²) in [4.78, 5) is 33.9. The van der Waals surface area contributed by atoms with Gasteiger partial charge in [-0.05, 0) is 56.6 Å². The smallest absolute Gasteiger partial charge is 0.136 e. The van der Waals surface area contributed by atoms with Gasteiger partial charge >= 0.3 is 0 Å². The van der Waals surface area contributed by atoms with Crippen LogP contribution in [0.1, 0.15) is 131 Å². The van der Waals surface area contributed by atoms with E-state index < -0.39 is 0 Å². The summed E-state index contributed by atoms with van der Waals surface area (Å²) in [6.07, 6.45) is 21.6. The fourth-order valence-corrected chi connectivity index (χ4v) is 5.34. The molecule has 0 saturated carbocycles. The quantitative estimate of drug-likeness (QED) is 0.105. The van der Waals surface area contributed by atoms with Gasteiger partial charge in [0.25, 0.3) is 0 Å². The van der Waals surface area contributed by atoms with Crippen molar-refractivity contribution in [1.29, 1.82) is 0 Å². The Labute approximate surface area is 222 Å². The summed E-state index contributed by atoms with van der Waals surface area (Å²) in [5.41, 5.74) is 1.84. The lowest BCUT2D eigenvalue weighted by atomic mass is 9.66. The maximum absolute atomic E-state index is 12.7. The largest absolute Gasteiger partial charge is 0.303 e. The summed E-state index contributed by atoms with van der Waals surface area (Å²) in [6, 6.07) is 0. The lowest BCUT2D eigenvalue weighted by molar-refractivity contribution is -0.126. The van der Waals surface area contributed by atoms with Crippen molar-refractivity contribution in [1.82, 2.24) is 0 Å². The summed E-state index contributed by atoms with van der Waals surface area (Å²) in [7, 11) is 0. The van der Waals surface area contributed by atoms with E-state index >= 15 is 0 Å². The van der Waals surface area contributed by atoms with Gasteiger partial charge in [-0.1, -0.05) is 91.2 Å². The molecule has 0 amide bonds. The molecule has 0 N–H and O–H groups in total. The normalized spacial score (nSPS) is 19.5. The molecule has 4 unspecified atom stereocenters. The minimum atomic E-state index is -0.0710. The van der Waals surface area contributed by atoms with Crippen molar-refractivity contribution in [2.24, 2.45) is 23.2 Å². The minimum absolute atomic E-state index is 0.0710. The van der Waals surface area contributed by atoms with Crippen LogP contribution in [0, 0.1) is 23.2 Å². The Morgan fingerprint density at radius 1 is 1.09 bits per heavy atom. The van der Waals surface area contributed by atoms with Crippen LogP contribution in [0.15, 0.2) is 11.6 Å². The fraction of sp³-hybridized carbons (Fsp3) is 0.839. The van der Waals surface area contributed by atoms with Gasteiger partial charge < -0.3 is 9.59 Å². The van der Waals surface area contributed by atoms with Crippen molar-refractivity contribution in [3.8, 4) is 0 Å². The van der Waals surface area contributed by atoms with Gasteiger partial charge in [-0.15, -0.1) is 0 Å². The predicted octanol–water partition coefficient (Wildman–Crippen LogP) is 9.03. The molecule has 3 nitrogen and oxygen atoms in total. The molecule has 0 radical (unpaired) electrons. The number of Topliss-reactive ketones (excluding diaryl/α,β-unsaturated/α-hetero) is 1. The molecule has 1 aliphatic carbocycles. The van der Waals surface area contributed by atoms with Gasteiger partial charge in [-0.3, -0.25) is 4.79 Å². The lowest BCUT2D eigenvalue weighted by Gasteiger charge is -2.39. The number of carbonyl (C=O) groups excluding carboxylic acids is 3. The molecule has 35 heavy (non-hydrogen) atoms. The number of hydrogen-bond acceptors (Lipinski definition) is 4. The average molecular weight is 509 g/mol. The Morgan fingerprint density at radius 3 is 2.23 bits per heavy atom. The Kier molecular flexibility index (Phi) is 19.7. The van der Waals surface area contributed by atoms with Crippen molar-refractivity contribution in [3.05, 3.63) is 11.6 Å². The summed E-state index contributed by atoms with van der Waals surface area (Å²) >= 11 is 1.72. The number of thioether (sulfide) groups is 1. The molecule has 4 atom stereocenters. The summed E-state index contributed by atoms with van der Waals surface area (Å²) < 4.78 is 0. The van der Waals surface area contributed by atoms with Crippen LogP contribution >= 0.6 is 11.8 Å². The number of unbranched alkanes of at least 4 members (excludes halogenated alkanes) is 6. The maximum atomic E-state index is 12.7. The van der Waals surface area contributed by atoms with Crippen LogP contribution in [0.25, 0.3) is 0 Å². The second-order valence-corrected chi connectivity index (χ2v) is 12.7. The number of ketones is 1. The first kappa shape index (κ1) is 34.1. The highest BCUT2D eigenvalue weighted by Gasteiger charge is 2.33. The van der Waals surface area contributed by atoms with Crippen molar-refractivity contribution in [2.75, 3.05) is 6.26 Å². The van der Waals surface area contributed by atoms with Gasteiger partial charge in [0, 0.05) is 29.9 Å². The van der Waals surface area contributed by atoms with E-state index in [1.165, 1.54) is 56.9 Å². The lowest BCUT2D eigenvalue weighted by Crippen LogP contribution is -2.29. The second kappa shape index (κ2) is 20.2. The third-order valence-corrected chi connectivity index (χ3v) is 8.85. The van der Waals surface area contributed by atoms with E-state index in [-0.39, 0.29) is 17.6 Å². The molecule has 0 aliphatic heterocycles. The molecule has 204 valence electrons. The van der Waals surface area contributed by atoms with Gasteiger partial charge in [-0.2, -0.15) is 11.8 Å². The highest BCUT2D eigenvalue weighted by Crippen LogP contribution is 2.43. The van der Waals surface area contributed by atoms with E-state index in [1.54, 1.807) is 11.8 Å². The van der Waals surface area contributed by atoms with E-state index in [9.17, 15) is 14.4 Å². The Morgan fingerprint density at radius 2 is 1.71 bits per heavy atom. The highest BCUT2D eigenvalue weighted by molar-refractivity contribution is 7.99. The van der Waals surface area contributed by atoms with Crippen LogP contribution in [0.4, 0.5) is 0 Å². The van der Waals surface area contributed by atoms with Crippen LogP contribution < -0.4 is 0 Å². The molecule has 0 spiro atoms. The van der Waals surface area contributed by atoms with Crippen molar-refractivity contribution in [2.45, 2.75) is 137 Å². The van der Waals surface area contributed by atoms with E-state index in [2.05, 4.69) is 40.7 Å². The number of carbonyl (C=O) groups is 3. The molecule has 0 aromatic carbocycles. The molecule has 0 aromatic heterocycles. The molecule has 1 aliphatic rings. The number of rotatable bonds is 18. The summed E-state index contributed by atoms with van der Waals surface area (Å²) in [6.45, 7) is 13.3. The average Bonchev–Trinajstić information content (AvgIpc) is 2.82. The molecular weight excluding hydrogens is 452 g/mol. The highest BCUT2D eigenvalue weighted by atomic mass is 32.2. The van der Waals surface area contributed by atoms with Gasteiger partial charge in [0.05, 0.1) is 0 Å². The first-order valence-corrected chi connectivity index (χ1v) is 15.5. The van der Waals surface area contributed by atoms with Gasteiger partial charge in [0.15, 0.2) is 0 Å². The molecule has 0 aromatic rings. The molecule has 1 rings (SSSR count). The van der Waals surface area contributed by atoms with Gasteiger partial charge in [0.2, 0.25) is 0 Å². The predicted molar refractivity (Wildman–Crippen MR) is 154 cm³/mol. The molecule has 0 bridgehead atoms. The Hall–Kier alpha value is -0.900. The molecule has 0 fully saturated rings. The fourth-order valence-electron chi connectivity index (χ4n) is 5.07. The van der Waals surface area contributed by atoms with Crippen LogP contribution in [0.2, 0.25) is 0 Å². The second-order valence-electron chi connectivity index (χ2n) is 11.4. The zero-order valence-corrected chi connectivity index (χ0v) is 24.9. The zero-order valence-electron chi connectivity index (χ0n) is 24.1. The first-order valence-electron chi connectivity index (χ1n) is 14.2. The monoisotopic (exact) mass is 508 g/mol. The molecule has 0 saturated heterocycles. The Bertz CT molecular complexity index is 610. The molecular formula is C31H56O3S. The van der Waals surface area contributed by atoms with Crippen molar-refractivity contribution < 1.29 is 14.4 Å². The topological polar surface area (TPSA) is 51.2 Å². The summed E-state index contributed by atoms with van der Waals surface area (Å²) in [5.74, 6) is 0.877.